The second-order valence-electron chi connectivity index (χ2n) is 17.7. The summed E-state index contributed by atoms with van der Waals surface area (Å²) in [5.41, 5.74) is 18.9. The number of nitrogens with zero attached hydrogens (tertiary/aromatic N) is 2. The van der Waals surface area contributed by atoms with E-state index in [1.54, 1.807) is 12.4 Å². The maximum absolute atomic E-state index is 6.42. The van der Waals surface area contributed by atoms with Gasteiger partial charge in [-0.1, -0.05) is 170 Å². The molecule has 0 spiro atoms. The molecule has 0 unspecified atom stereocenters. The Hall–Kier alpha value is -9.12. The fourth-order valence-corrected chi connectivity index (χ4v) is 10.5. The van der Waals surface area contributed by atoms with Crippen LogP contribution in [0.4, 0.5) is 0 Å². The van der Waals surface area contributed by atoms with Crippen molar-refractivity contribution in [3.8, 4) is 66.8 Å². The van der Waals surface area contributed by atoms with Crippen molar-refractivity contribution in [1.82, 2.24) is 9.97 Å². The Bertz CT molecular complexity index is 4050. The van der Waals surface area contributed by atoms with E-state index in [1.165, 1.54) is 0 Å². The van der Waals surface area contributed by atoms with Crippen LogP contribution in [0.3, 0.4) is 0 Å². The number of benzene rings is 11. The molecule has 0 aliphatic carbocycles. The molecule has 0 aliphatic heterocycles. The van der Waals surface area contributed by atoms with Crippen molar-refractivity contribution in [1.29, 1.82) is 0 Å². The first-order valence-corrected chi connectivity index (χ1v) is 23.0. The summed E-state index contributed by atoms with van der Waals surface area (Å²) in [6.45, 7) is 0. The zero-order valence-electron chi connectivity index (χ0n) is 36.7. The molecule has 0 N–H and O–H groups in total. The lowest BCUT2D eigenvalue weighted by molar-refractivity contribution is 0.669. The van der Waals surface area contributed by atoms with E-state index in [4.69, 9.17) is 18.8 Å². The SMILES string of the molecule is c1cc(-c2cccc(-c3cccc4c3oc3ccccc34)c2)cc(-c2ccc3c4ccc(-c5cccc(-c6cccc(-c7cccc8c7oc7ccccc78)c6)c5)cc4c4nccnc4c3c2)c1. The summed E-state index contributed by atoms with van der Waals surface area (Å²) < 4.78 is 12.8. The second kappa shape index (κ2) is 15.2. The van der Waals surface area contributed by atoms with Crippen LogP contribution in [-0.4, -0.2) is 9.97 Å². The molecule has 0 aliphatic rings. The fraction of sp³-hybridized carbons (Fsp3) is 0. The van der Waals surface area contributed by atoms with Gasteiger partial charge >= 0.3 is 0 Å². The zero-order chi connectivity index (χ0) is 44.7. The summed E-state index contributed by atoms with van der Waals surface area (Å²) in [5.74, 6) is 0. The van der Waals surface area contributed by atoms with Gasteiger partial charge in [0.2, 0.25) is 0 Å². The molecule has 0 saturated carbocycles. The minimum Gasteiger partial charge on any atom is -0.455 e. The number of para-hydroxylation sites is 4. The van der Waals surface area contributed by atoms with Crippen LogP contribution in [0.25, 0.3) is 143 Å². The van der Waals surface area contributed by atoms with Gasteiger partial charge in [-0.3, -0.25) is 9.97 Å². The third-order valence-corrected chi connectivity index (χ3v) is 13.8. The van der Waals surface area contributed by atoms with E-state index in [0.717, 1.165) is 143 Å². The van der Waals surface area contributed by atoms with Gasteiger partial charge in [0.15, 0.2) is 0 Å². The van der Waals surface area contributed by atoms with Gasteiger partial charge in [-0.05, 0) is 115 Å². The first-order valence-electron chi connectivity index (χ1n) is 23.0. The van der Waals surface area contributed by atoms with Crippen LogP contribution in [0.15, 0.2) is 240 Å². The van der Waals surface area contributed by atoms with Crippen molar-refractivity contribution in [2.24, 2.45) is 0 Å². The molecule has 4 nitrogen and oxygen atoms in total. The Balaban J connectivity index is 0.811. The molecular formula is C64H38N2O2. The number of hydrogen-bond acceptors (Lipinski definition) is 4. The molecule has 316 valence electrons. The van der Waals surface area contributed by atoms with Gasteiger partial charge in [-0.2, -0.15) is 0 Å². The van der Waals surface area contributed by atoms with E-state index >= 15 is 0 Å². The molecule has 3 aromatic heterocycles. The molecule has 14 rings (SSSR count). The van der Waals surface area contributed by atoms with Crippen LogP contribution in [-0.2, 0) is 0 Å². The monoisotopic (exact) mass is 866 g/mol. The molecule has 0 bridgehead atoms. The molecule has 0 atom stereocenters. The molecule has 0 amide bonds. The maximum atomic E-state index is 6.42. The topological polar surface area (TPSA) is 52.1 Å². The van der Waals surface area contributed by atoms with Crippen molar-refractivity contribution >= 4 is 76.5 Å². The number of fused-ring (bicyclic) bond motifs is 12. The van der Waals surface area contributed by atoms with E-state index in [1.807, 2.05) is 24.3 Å². The second-order valence-corrected chi connectivity index (χ2v) is 17.7. The molecule has 3 heterocycles. The third kappa shape index (κ3) is 6.15. The largest absolute Gasteiger partial charge is 0.455 e. The normalized spacial score (nSPS) is 11.8. The van der Waals surface area contributed by atoms with Gasteiger partial charge in [0, 0.05) is 55.8 Å². The van der Waals surface area contributed by atoms with Gasteiger partial charge in [-0.25, -0.2) is 0 Å². The first kappa shape index (κ1) is 38.2. The highest BCUT2D eigenvalue weighted by Crippen LogP contribution is 2.42. The van der Waals surface area contributed by atoms with Crippen LogP contribution < -0.4 is 0 Å². The smallest absolute Gasteiger partial charge is 0.143 e. The van der Waals surface area contributed by atoms with Crippen LogP contribution in [0.1, 0.15) is 0 Å². The summed E-state index contributed by atoms with van der Waals surface area (Å²) in [7, 11) is 0. The number of aromatic nitrogens is 2. The Morgan fingerprint density at radius 3 is 1.00 bits per heavy atom. The summed E-state index contributed by atoms with van der Waals surface area (Å²) in [5, 5.41) is 8.99. The van der Waals surface area contributed by atoms with E-state index in [0.29, 0.717) is 0 Å². The Kier molecular flexibility index (Phi) is 8.55. The number of furan rings is 2. The average molecular weight is 867 g/mol. The lowest BCUT2D eigenvalue weighted by Crippen LogP contribution is -1.90. The van der Waals surface area contributed by atoms with E-state index < -0.39 is 0 Å². The molecule has 0 saturated heterocycles. The Morgan fingerprint density at radius 2 is 0.574 bits per heavy atom. The molecule has 4 heteroatoms. The Morgan fingerprint density at radius 1 is 0.235 bits per heavy atom. The summed E-state index contributed by atoms with van der Waals surface area (Å²) in [6, 6.07) is 78.0. The highest BCUT2D eigenvalue weighted by Gasteiger charge is 2.17. The summed E-state index contributed by atoms with van der Waals surface area (Å²) in [4.78, 5) is 9.95. The lowest BCUT2D eigenvalue weighted by Gasteiger charge is -2.13. The van der Waals surface area contributed by atoms with Gasteiger partial charge in [0.05, 0.1) is 11.0 Å². The zero-order valence-corrected chi connectivity index (χ0v) is 36.7. The first-order chi connectivity index (χ1) is 33.7. The summed E-state index contributed by atoms with van der Waals surface area (Å²) in [6.07, 6.45) is 3.60. The fourth-order valence-electron chi connectivity index (χ4n) is 10.5. The van der Waals surface area contributed by atoms with Crippen LogP contribution in [0, 0.1) is 0 Å². The van der Waals surface area contributed by atoms with Crippen molar-refractivity contribution < 1.29 is 8.83 Å². The maximum Gasteiger partial charge on any atom is 0.143 e. The van der Waals surface area contributed by atoms with E-state index in [-0.39, 0.29) is 0 Å². The Labute approximate surface area is 391 Å². The van der Waals surface area contributed by atoms with Crippen molar-refractivity contribution in [2.45, 2.75) is 0 Å². The molecule has 0 fully saturated rings. The third-order valence-electron chi connectivity index (χ3n) is 13.8. The molecule has 14 aromatic rings. The molecule has 11 aromatic carbocycles. The van der Waals surface area contributed by atoms with E-state index in [9.17, 15) is 0 Å². The van der Waals surface area contributed by atoms with Crippen LogP contribution in [0.5, 0.6) is 0 Å². The van der Waals surface area contributed by atoms with Crippen molar-refractivity contribution in [2.75, 3.05) is 0 Å². The standard InChI is InChI=1S/C64H38N2O2/c1-3-25-59-53(19-1)55-23-9-21-49(63(55)67-59)47-17-7-15-43(35-47)39-11-5-13-41(33-39)45-27-29-51-52-30-28-46(38-58(52)62-61(57(51)37-45)65-31-32-66-62)42-14-6-12-40(34-42)44-16-8-18-48(36-44)50-22-10-24-56-54-20-2-4-26-60(54)68-64(50)56/h1-38H. The van der Waals surface area contributed by atoms with Gasteiger partial charge in [-0.15, -0.1) is 0 Å². The van der Waals surface area contributed by atoms with Crippen molar-refractivity contribution in [3.63, 3.8) is 0 Å². The van der Waals surface area contributed by atoms with Crippen LogP contribution in [0.2, 0.25) is 0 Å². The lowest BCUT2D eigenvalue weighted by atomic mass is 9.92. The van der Waals surface area contributed by atoms with E-state index in [2.05, 4.69) is 194 Å². The number of hydrogen-bond donors (Lipinski definition) is 0. The predicted octanol–water partition coefficient (Wildman–Crippen LogP) is 17.7. The minimum absolute atomic E-state index is 0.891. The quantitative estimate of drug-likeness (QED) is 0.156. The highest BCUT2D eigenvalue weighted by atomic mass is 16.3. The molecule has 68 heavy (non-hydrogen) atoms. The van der Waals surface area contributed by atoms with Gasteiger partial charge in [0.1, 0.15) is 22.3 Å². The van der Waals surface area contributed by atoms with Gasteiger partial charge < -0.3 is 8.83 Å². The summed E-state index contributed by atoms with van der Waals surface area (Å²) >= 11 is 0. The van der Waals surface area contributed by atoms with Gasteiger partial charge in [0.25, 0.3) is 0 Å². The van der Waals surface area contributed by atoms with Crippen LogP contribution >= 0.6 is 0 Å². The minimum atomic E-state index is 0.891. The average Bonchev–Trinajstić information content (AvgIpc) is 4.00. The predicted molar refractivity (Wildman–Crippen MR) is 282 cm³/mol. The number of rotatable bonds is 6. The molecular weight excluding hydrogens is 829 g/mol. The molecule has 0 radical (unpaired) electrons. The van der Waals surface area contributed by atoms with Crippen molar-refractivity contribution in [3.05, 3.63) is 231 Å². The highest BCUT2D eigenvalue weighted by molar-refractivity contribution is 6.24.